The molecule has 0 saturated carbocycles. The fourth-order valence-electron chi connectivity index (χ4n) is 4.19. The molecule has 30 heavy (non-hydrogen) atoms. The van der Waals surface area contributed by atoms with Crippen molar-refractivity contribution >= 4 is 5.95 Å². The number of hydrogen-bond acceptors (Lipinski definition) is 7. The fraction of sp³-hybridized carbons (Fsp3) is 0.391. The summed E-state index contributed by atoms with van der Waals surface area (Å²) in [6.07, 6.45) is 7.17. The predicted molar refractivity (Wildman–Crippen MR) is 114 cm³/mol. The average Bonchev–Trinajstić information content (AvgIpc) is 3.21. The molecule has 7 nitrogen and oxygen atoms in total. The number of aromatic nitrogens is 2. The number of benzene rings is 1. The maximum Gasteiger partial charge on any atom is 0.225 e. The molecule has 1 aromatic carbocycles. The van der Waals surface area contributed by atoms with Gasteiger partial charge >= 0.3 is 0 Å². The summed E-state index contributed by atoms with van der Waals surface area (Å²) in [5.74, 6) is 1.84. The first-order valence-corrected chi connectivity index (χ1v) is 10.6. The van der Waals surface area contributed by atoms with Crippen LogP contribution in [0.2, 0.25) is 0 Å². The lowest BCUT2D eigenvalue weighted by atomic mass is 10.1. The highest BCUT2D eigenvalue weighted by Gasteiger charge is 2.20. The highest BCUT2D eigenvalue weighted by Crippen LogP contribution is 2.26. The standard InChI is InChI=1S/C23H27N5O2/c1-5-24-23(25-6-1)28-9-7-26(8-10-28)15-19-2-3-22-21(14-19)17-27(11-13-30-22)16-20-4-12-29-18-20/h1-6,12,14,18H,7-11,13,15-17H2. The summed E-state index contributed by atoms with van der Waals surface area (Å²) in [7, 11) is 0. The largest absolute Gasteiger partial charge is 0.492 e. The molecule has 0 bridgehead atoms. The van der Waals surface area contributed by atoms with E-state index < -0.39 is 0 Å². The summed E-state index contributed by atoms with van der Waals surface area (Å²) in [6.45, 7) is 8.30. The van der Waals surface area contributed by atoms with Gasteiger partial charge in [0.05, 0.1) is 12.5 Å². The van der Waals surface area contributed by atoms with Crippen molar-refractivity contribution in [2.45, 2.75) is 19.6 Å². The second-order valence-corrected chi connectivity index (χ2v) is 7.94. The molecule has 4 heterocycles. The van der Waals surface area contributed by atoms with Crippen LogP contribution in [0, 0.1) is 0 Å². The monoisotopic (exact) mass is 405 g/mol. The molecular formula is C23H27N5O2. The van der Waals surface area contributed by atoms with E-state index in [2.05, 4.69) is 42.9 Å². The highest BCUT2D eigenvalue weighted by atomic mass is 16.5. The van der Waals surface area contributed by atoms with Crippen molar-refractivity contribution < 1.29 is 9.15 Å². The molecular weight excluding hydrogens is 378 g/mol. The van der Waals surface area contributed by atoms with Crippen molar-refractivity contribution in [3.63, 3.8) is 0 Å². The summed E-state index contributed by atoms with van der Waals surface area (Å²) in [6, 6.07) is 10.5. The third kappa shape index (κ3) is 4.47. The molecule has 0 radical (unpaired) electrons. The zero-order valence-corrected chi connectivity index (χ0v) is 17.1. The van der Waals surface area contributed by atoms with Crippen molar-refractivity contribution in [1.82, 2.24) is 19.8 Å². The number of fused-ring (bicyclic) bond motifs is 1. The second kappa shape index (κ2) is 8.85. The van der Waals surface area contributed by atoms with Crippen LogP contribution in [0.25, 0.3) is 0 Å². The number of furan rings is 1. The van der Waals surface area contributed by atoms with Gasteiger partial charge in [-0.1, -0.05) is 6.07 Å². The maximum atomic E-state index is 6.01. The maximum absolute atomic E-state index is 6.01. The van der Waals surface area contributed by atoms with Gasteiger partial charge in [0.1, 0.15) is 12.4 Å². The quantitative estimate of drug-likeness (QED) is 0.647. The van der Waals surface area contributed by atoms with Gasteiger partial charge in [0.15, 0.2) is 0 Å². The minimum atomic E-state index is 0.716. The van der Waals surface area contributed by atoms with Gasteiger partial charge in [-0.15, -0.1) is 0 Å². The molecule has 3 aromatic rings. The zero-order valence-electron chi connectivity index (χ0n) is 17.1. The van der Waals surface area contributed by atoms with Crippen LogP contribution in [0.3, 0.4) is 0 Å². The normalized spacial score (nSPS) is 17.9. The molecule has 0 atom stereocenters. The number of rotatable bonds is 5. The van der Waals surface area contributed by atoms with E-state index in [9.17, 15) is 0 Å². The van der Waals surface area contributed by atoms with E-state index in [0.717, 1.165) is 64.1 Å². The van der Waals surface area contributed by atoms with E-state index in [-0.39, 0.29) is 0 Å². The van der Waals surface area contributed by atoms with Gasteiger partial charge < -0.3 is 14.1 Å². The summed E-state index contributed by atoms with van der Waals surface area (Å²) < 4.78 is 11.2. The Balaban J connectivity index is 1.21. The average molecular weight is 406 g/mol. The Morgan fingerprint density at radius 1 is 0.867 bits per heavy atom. The second-order valence-electron chi connectivity index (χ2n) is 7.94. The lowest BCUT2D eigenvalue weighted by Gasteiger charge is -2.34. The van der Waals surface area contributed by atoms with E-state index in [1.165, 1.54) is 16.7 Å². The lowest BCUT2D eigenvalue weighted by Crippen LogP contribution is -2.46. The van der Waals surface area contributed by atoms with Gasteiger partial charge in [-0.3, -0.25) is 9.80 Å². The minimum absolute atomic E-state index is 0.716. The minimum Gasteiger partial charge on any atom is -0.492 e. The van der Waals surface area contributed by atoms with Gasteiger partial charge in [-0.2, -0.15) is 0 Å². The number of nitrogens with zero attached hydrogens (tertiary/aromatic N) is 5. The number of anilines is 1. The van der Waals surface area contributed by atoms with Crippen LogP contribution in [0.5, 0.6) is 5.75 Å². The summed E-state index contributed by atoms with van der Waals surface area (Å²) >= 11 is 0. The summed E-state index contributed by atoms with van der Waals surface area (Å²) in [4.78, 5) is 15.9. The molecule has 0 spiro atoms. The number of hydrogen-bond donors (Lipinski definition) is 0. The first-order chi connectivity index (χ1) is 14.8. The van der Waals surface area contributed by atoms with Crippen molar-refractivity contribution in [1.29, 1.82) is 0 Å². The van der Waals surface area contributed by atoms with Gasteiger partial charge in [0, 0.05) is 75.9 Å². The highest BCUT2D eigenvalue weighted by molar-refractivity contribution is 5.38. The lowest BCUT2D eigenvalue weighted by molar-refractivity contribution is 0.219. The van der Waals surface area contributed by atoms with Crippen LogP contribution >= 0.6 is 0 Å². The first-order valence-electron chi connectivity index (χ1n) is 10.6. The van der Waals surface area contributed by atoms with Crippen LogP contribution in [0.15, 0.2) is 59.7 Å². The van der Waals surface area contributed by atoms with Crippen LogP contribution in [0.1, 0.15) is 16.7 Å². The molecule has 156 valence electrons. The van der Waals surface area contributed by atoms with E-state index in [1.807, 2.05) is 30.8 Å². The van der Waals surface area contributed by atoms with Crippen molar-refractivity contribution in [2.24, 2.45) is 0 Å². The Morgan fingerprint density at radius 3 is 2.50 bits per heavy atom. The molecule has 0 aliphatic carbocycles. The SMILES string of the molecule is c1cnc(N2CCN(Cc3ccc4c(c3)CN(Cc3ccoc3)CCO4)CC2)nc1. The summed E-state index contributed by atoms with van der Waals surface area (Å²) in [5, 5.41) is 0. The molecule has 2 aliphatic rings. The Hall–Kier alpha value is -2.90. The molecule has 1 saturated heterocycles. The molecule has 2 aliphatic heterocycles. The van der Waals surface area contributed by atoms with Crippen molar-refractivity contribution in [3.05, 3.63) is 71.9 Å². The summed E-state index contributed by atoms with van der Waals surface area (Å²) in [5.41, 5.74) is 3.81. The Bertz CT molecular complexity index is 939. The molecule has 0 amide bonds. The van der Waals surface area contributed by atoms with Gasteiger partial charge in [0.25, 0.3) is 0 Å². The third-order valence-corrected chi connectivity index (χ3v) is 5.78. The van der Waals surface area contributed by atoms with Gasteiger partial charge in [-0.05, 0) is 29.8 Å². The van der Waals surface area contributed by atoms with E-state index in [0.29, 0.717) is 6.61 Å². The van der Waals surface area contributed by atoms with E-state index in [4.69, 9.17) is 9.15 Å². The predicted octanol–water partition coefficient (Wildman–Crippen LogP) is 2.79. The van der Waals surface area contributed by atoms with Crippen molar-refractivity contribution in [3.8, 4) is 5.75 Å². The topological polar surface area (TPSA) is 57.9 Å². The van der Waals surface area contributed by atoms with Gasteiger partial charge in [0.2, 0.25) is 5.95 Å². The molecule has 5 rings (SSSR count). The number of piperazine rings is 1. The third-order valence-electron chi connectivity index (χ3n) is 5.78. The van der Waals surface area contributed by atoms with Crippen LogP contribution in [0.4, 0.5) is 5.95 Å². The Kier molecular flexibility index (Phi) is 5.63. The molecule has 0 N–H and O–H groups in total. The van der Waals surface area contributed by atoms with Gasteiger partial charge in [-0.25, -0.2) is 9.97 Å². The van der Waals surface area contributed by atoms with Crippen molar-refractivity contribution in [2.75, 3.05) is 44.2 Å². The zero-order chi connectivity index (χ0) is 20.2. The van der Waals surface area contributed by atoms with Crippen LogP contribution < -0.4 is 9.64 Å². The van der Waals surface area contributed by atoms with Crippen LogP contribution in [-0.4, -0.2) is 59.1 Å². The Morgan fingerprint density at radius 2 is 1.70 bits per heavy atom. The fourth-order valence-corrected chi connectivity index (χ4v) is 4.19. The Labute approximate surface area is 176 Å². The van der Waals surface area contributed by atoms with E-state index in [1.54, 1.807) is 6.26 Å². The molecule has 2 aromatic heterocycles. The van der Waals surface area contributed by atoms with Crippen LogP contribution in [-0.2, 0) is 19.6 Å². The molecule has 7 heteroatoms. The molecule has 1 fully saturated rings. The van der Waals surface area contributed by atoms with E-state index >= 15 is 0 Å². The molecule has 0 unspecified atom stereocenters. The smallest absolute Gasteiger partial charge is 0.225 e. The number of ether oxygens (including phenoxy) is 1. The first kappa shape index (κ1) is 19.1.